The van der Waals surface area contributed by atoms with Crippen molar-refractivity contribution in [3.05, 3.63) is 30.3 Å². The predicted octanol–water partition coefficient (Wildman–Crippen LogP) is 1.36. The Hall–Kier alpha value is -2.04. The summed E-state index contributed by atoms with van der Waals surface area (Å²) in [5.74, 6) is -0.167. The van der Waals surface area contributed by atoms with E-state index in [2.05, 4.69) is 10.6 Å². The minimum absolute atomic E-state index is 0.0239. The zero-order valence-corrected chi connectivity index (χ0v) is 10.9. The molecular formula is C13H19N3O2. The first-order valence-electron chi connectivity index (χ1n) is 5.86. The van der Waals surface area contributed by atoms with Gasteiger partial charge in [-0.05, 0) is 26.0 Å². The number of anilines is 1. The molecule has 0 bridgehead atoms. The molecule has 18 heavy (non-hydrogen) atoms. The van der Waals surface area contributed by atoms with Crippen LogP contribution in [0.3, 0.4) is 0 Å². The van der Waals surface area contributed by atoms with Gasteiger partial charge in [0, 0.05) is 18.8 Å². The highest BCUT2D eigenvalue weighted by Crippen LogP contribution is 2.10. The van der Waals surface area contributed by atoms with E-state index in [0.29, 0.717) is 0 Å². The first-order valence-corrected chi connectivity index (χ1v) is 5.86. The highest BCUT2D eigenvalue weighted by molar-refractivity contribution is 5.96. The number of benzene rings is 1. The molecule has 3 amide bonds. The Kier molecular flexibility index (Phi) is 5.17. The lowest BCUT2D eigenvalue weighted by Crippen LogP contribution is -2.44. The van der Waals surface area contributed by atoms with Crippen LogP contribution < -0.4 is 15.5 Å². The minimum Gasteiger partial charge on any atom is -0.336 e. The number of rotatable bonds is 4. The number of nitrogens with zero attached hydrogens (tertiary/aromatic N) is 1. The van der Waals surface area contributed by atoms with Crippen molar-refractivity contribution in [1.82, 2.24) is 10.6 Å². The Balaban J connectivity index is 2.44. The number of carbonyl (C=O) groups is 2. The molecular weight excluding hydrogens is 230 g/mol. The SMILES string of the molecule is CC(C)NC(=O)NCC(=O)N(C)c1ccccc1. The van der Waals surface area contributed by atoms with Gasteiger partial charge in [0.15, 0.2) is 0 Å². The molecule has 0 heterocycles. The van der Waals surface area contributed by atoms with Gasteiger partial charge < -0.3 is 15.5 Å². The lowest BCUT2D eigenvalue weighted by molar-refractivity contribution is -0.117. The summed E-state index contributed by atoms with van der Waals surface area (Å²) in [5.41, 5.74) is 0.800. The molecule has 0 fully saturated rings. The van der Waals surface area contributed by atoms with Crippen molar-refractivity contribution in [3.8, 4) is 0 Å². The van der Waals surface area contributed by atoms with Gasteiger partial charge in [-0.2, -0.15) is 0 Å². The summed E-state index contributed by atoms with van der Waals surface area (Å²) in [6, 6.07) is 9.00. The molecule has 0 aromatic heterocycles. The number of hydrogen-bond acceptors (Lipinski definition) is 2. The molecule has 0 radical (unpaired) electrons. The number of para-hydroxylation sites is 1. The van der Waals surface area contributed by atoms with Crippen LogP contribution in [0.1, 0.15) is 13.8 Å². The van der Waals surface area contributed by atoms with Crippen molar-refractivity contribution in [2.75, 3.05) is 18.5 Å². The number of urea groups is 1. The van der Waals surface area contributed by atoms with Gasteiger partial charge in [-0.15, -0.1) is 0 Å². The molecule has 0 atom stereocenters. The molecule has 1 aromatic rings. The van der Waals surface area contributed by atoms with E-state index in [0.717, 1.165) is 5.69 Å². The third-order valence-electron chi connectivity index (χ3n) is 2.34. The minimum atomic E-state index is -0.334. The number of carbonyl (C=O) groups excluding carboxylic acids is 2. The molecule has 0 unspecified atom stereocenters. The Labute approximate surface area is 107 Å². The number of amides is 3. The van der Waals surface area contributed by atoms with Crippen LogP contribution in [0.15, 0.2) is 30.3 Å². The normalized spacial score (nSPS) is 10.0. The fraction of sp³-hybridized carbons (Fsp3) is 0.385. The van der Waals surface area contributed by atoms with E-state index in [9.17, 15) is 9.59 Å². The fourth-order valence-corrected chi connectivity index (χ4v) is 1.38. The van der Waals surface area contributed by atoms with Crippen LogP contribution in [0.4, 0.5) is 10.5 Å². The number of likely N-dealkylation sites (N-methyl/N-ethyl adjacent to an activating group) is 1. The van der Waals surface area contributed by atoms with Crippen LogP contribution in [0.2, 0.25) is 0 Å². The van der Waals surface area contributed by atoms with E-state index in [1.165, 1.54) is 4.90 Å². The largest absolute Gasteiger partial charge is 0.336 e. The van der Waals surface area contributed by atoms with Crippen LogP contribution in [-0.2, 0) is 4.79 Å². The number of hydrogen-bond donors (Lipinski definition) is 2. The zero-order chi connectivity index (χ0) is 13.5. The predicted molar refractivity (Wildman–Crippen MR) is 71.5 cm³/mol. The van der Waals surface area contributed by atoms with Gasteiger partial charge in [0.2, 0.25) is 5.91 Å². The molecule has 0 saturated heterocycles. The van der Waals surface area contributed by atoms with E-state index in [4.69, 9.17) is 0 Å². The topological polar surface area (TPSA) is 61.4 Å². The van der Waals surface area contributed by atoms with E-state index in [1.807, 2.05) is 44.2 Å². The van der Waals surface area contributed by atoms with Gasteiger partial charge in [0.1, 0.15) is 0 Å². The highest BCUT2D eigenvalue weighted by Gasteiger charge is 2.11. The van der Waals surface area contributed by atoms with Gasteiger partial charge in [0.25, 0.3) is 0 Å². The van der Waals surface area contributed by atoms with Crippen molar-refractivity contribution in [2.24, 2.45) is 0 Å². The van der Waals surface area contributed by atoms with E-state index in [1.54, 1.807) is 7.05 Å². The Morgan fingerprint density at radius 2 is 1.83 bits per heavy atom. The molecule has 1 rings (SSSR count). The van der Waals surface area contributed by atoms with Gasteiger partial charge in [-0.1, -0.05) is 18.2 Å². The maximum absolute atomic E-state index is 11.8. The third-order valence-corrected chi connectivity index (χ3v) is 2.34. The maximum Gasteiger partial charge on any atom is 0.315 e. The summed E-state index contributed by atoms with van der Waals surface area (Å²) >= 11 is 0. The van der Waals surface area contributed by atoms with Gasteiger partial charge in [-0.3, -0.25) is 4.79 Å². The molecule has 98 valence electrons. The van der Waals surface area contributed by atoms with Crippen LogP contribution in [0, 0.1) is 0 Å². The summed E-state index contributed by atoms with van der Waals surface area (Å²) in [6.07, 6.45) is 0. The molecule has 0 spiro atoms. The highest BCUT2D eigenvalue weighted by atomic mass is 16.2. The van der Waals surface area contributed by atoms with Gasteiger partial charge in [0.05, 0.1) is 6.54 Å². The lowest BCUT2D eigenvalue weighted by atomic mass is 10.3. The lowest BCUT2D eigenvalue weighted by Gasteiger charge is -2.18. The summed E-state index contributed by atoms with van der Waals surface area (Å²) in [4.78, 5) is 24.7. The van der Waals surface area contributed by atoms with Crippen LogP contribution in [0.25, 0.3) is 0 Å². The molecule has 5 heteroatoms. The van der Waals surface area contributed by atoms with E-state index < -0.39 is 0 Å². The first-order chi connectivity index (χ1) is 8.50. The van der Waals surface area contributed by atoms with Crippen molar-refractivity contribution in [3.63, 3.8) is 0 Å². The van der Waals surface area contributed by atoms with Crippen LogP contribution in [0.5, 0.6) is 0 Å². The Morgan fingerprint density at radius 3 is 2.39 bits per heavy atom. The summed E-state index contributed by atoms with van der Waals surface area (Å²) in [5, 5.41) is 5.18. The Morgan fingerprint density at radius 1 is 1.22 bits per heavy atom. The first kappa shape index (κ1) is 14.0. The molecule has 2 N–H and O–H groups in total. The average Bonchev–Trinajstić information content (AvgIpc) is 2.35. The second-order valence-corrected chi connectivity index (χ2v) is 4.27. The van der Waals surface area contributed by atoms with Crippen LogP contribution in [-0.4, -0.2) is 31.6 Å². The van der Waals surface area contributed by atoms with Gasteiger partial charge >= 0.3 is 6.03 Å². The zero-order valence-electron chi connectivity index (χ0n) is 10.9. The maximum atomic E-state index is 11.8. The number of nitrogens with one attached hydrogen (secondary N) is 2. The van der Waals surface area contributed by atoms with E-state index >= 15 is 0 Å². The molecule has 0 aliphatic heterocycles. The van der Waals surface area contributed by atoms with Crippen molar-refractivity contribution >= 4 is 17.6 Å². The van der Waals surface area contributed by atoms with Crippen molar-refractivity contribution in [2.45, 2.75) is 19.9 Å². The van der Waals surface area contributed by atoms with E-state index in [-0.39, 0.29) is 24.5 Å². The fourth-order valence-electron chi connectivity index (χ4n) is 1.38. The van der Waals surface area contributed by atoms with Crippen LogP contribution >= 0.6 is 0 Å². The molecule has 0 aliphatic rings. The molecule has 1 aromatic carbocycles. The Bertz CT molecular complexity index is 404. The standard InChI is InChI=1S/C13H19N3O2/c1-10(2)15-13(18)14-9-12(17)16(3)11-7-5-4-6-8-11/h4-8,10H,9H2,1-3H3,(H2,14,15,18). The smallest absolute Gasteiger partial charge is 0.315 e. The van der Waals surface area contributed by atoms with Crippen molar-refractivity contribution in [1.29, 1.82) is 0 Å². The monoisotopic (exact) mass is 249 g/mol. The average molecular weight is 249 g/mol. The summed E-state index contributed by atoms with van der Waals surface area (Å²) in [6.45, 7) is 3.69. The molecule has 0 aliphatic carbocycles. The third kappa shape index (κ3) is 4.45. The quantitative estimate of drug-likeness (QED) is 0.846. The molecule has 0 saturated carbocycles. The van der Waals surface area contributed by atoms with Crippen molar-refractivity contribution < 1.29 is 9.59 Å². The summed E-state index contributed by atoms with van der Waals surface area (Å²) < 4.78 is 0. The summed E-state index contributed by atoms with van der Waals surface area (Å²) in [7, 11) is 1.68. The second kappa shape index (κ2) is 6.64. The second-order valence-electron chi connectivity index (χ2n) is 4.27. The molecule has 5 nitrogen and oxygen atoms in total. The van der Waals surface area contributed by atoms with Gasteiger partial charge in [-0.25, -0.2) is 4.79 Å².